The van der Waals surface area contributed by atoms with Crippen molar-refractivity contribution >= 4 is 5.91 Å². The molecule has 1 aliphatic heterocycles. The van der Waals surface area contributed by atoms with Crippen LogP contribution in [0.2, 0.25) is 0 Å². The molecule has 0 N–H and O–H groups in total. The van der Waals surface area contributed by atoms with Crippen LogP contribution in [0.4, 0.5) is 0 Å². The average Bonchev–Trinajstić information content (AvgIpc) is 1.85. The van der Waals surface area contributed by atoms with Crippen molar-refractivity contribution in [2.45, 2.75) is 39.7 Å². The van der Waals surface area contributed by atoms with Gasteiger partial charge in [-0.15, -0.1) is 0 Å². The summed E-state index contributed by atoms with van der Waals surface area (Å²) in [5.74, 6) is 0.441. The molecule has 11 heavy (non-hydrogen) atoms. The molecule has 1 aliphatic rings. The van der Waals surface area contributed by atoms with Gasteiger partial charge >= 0.3 is 0 Å². The first kappa shape index (κ1) is 8.57. The van der Waals surface area contributed by atoms with Gasteiger partial charge in [-0.2, -0.15) is 0 Å². The lowest BCUT2D eigenvalue weighted by Gasteiger charge is -2.49. The molecule has 1 rings (SSSR count). The Balaban J connectivity index is 2.56. The van der Waals surface area contributed by atoms with Crippen molar-refractivity contribution in [2.24, 2.45) is 5.92 Å². The van der Waals surface area contributed by atoms with Gasteiger partial charge in [0.15, 0.2) is 0 Å². The van der Waals surface area contributed by atoms with Gasteiger partial charge in [0.2, 0.25) is 5.91 Å². The highest BCUT2D eigenvalue weighted by Gasteiger charge is 2.39. The Morgan fingerprint density at radius 1 is 1.45 bits per heavy atom. The second kappa shape index (κ2) is 2.50. The van der Waals surface area contributed by atoms with E-state index in [1.165, 1.54) is 0 Å². The van der Waals surface area contributed by atoms with E-state index in [1.807, 2.05) is 18.7 Å². The minimum atomic E-state index is 0.126. The lowest BCUT2D eigenvalue weighted by atomic mass is 9.87. The fourth-order valence-electron chi connectivity index (χ4n) is 1.39. The third kappa shape index (κ3) is 1.39. The van der Waals surface area contributed by atoms with Crippen molar-refractivity contribution in [3.05, 3.63) is 0 Å². The Morgan fingerprint density at radius 3 is 2.09 bits per heavy atom. The van der Waals surface area contributed by atoms with E-state index in [9.17, 15) is 4.79 Å². The molecule has 0 atom stereocenters. The second-order valence-electron chi connectivity index (χ2n) is 4.21. The molecule has 1 amide bonds. The largest absolute Gasteiger partial charge is 0.337 e. The van der Waals surface area contributed by atoms with Crippen molar-refractivity contribution in [3.8, 4) is 0 Å². The summed E-state index contributed by atoms with van der Waals surface area (Å²) in [6.45, 7) is 9.10. The molecule has 0 aromatic heterocycles. The second-order valence-corrected chi connectivity index (χ2v) is 4.21. The number of likely N-dealkylation sites (tertiary alicyclic amines) is 1. The zero-order chi connectivity index (χ0) is 8.65. The molecule has 64 valence electrons. The highest BCUT2D eigenvalue weighted by Crippen LogP contribution is 2.30. The Bertz CT molecular complexity index is 172. The molecule has 0 aromatic rings. The molecule has 1 saturated heterocycles. The molecule has 1 heterocycles. The summed E-state index contributed by atoms with van der Waals surface area (Å²) in [5, 5.41) is 0. The third-order valence-electron chi connectivity index (χ3n) is 2.44. The molecular formula is C9H17NO. The molecule has 0 spiro atoms. The van der Waals surface area contributed by atoms with E-state index < -0.39 is 0 Å². The van der Waals surface area contributed by atoms with E-state index in [2.05, 4.69) is 13.8 Å². The standard InChI is InChI=1S/C9H17NO/c1-7(2)8(11)10-6-5-9(10,3)4/h7H,5-6H2,1-4H3. The topological polar surface area (TPSA) is 20.3 Å². The average molecular weight is 155 g/mol. The quantitative estimate of drug-likeness (QED) is 0.564. The Hall–Kier alpha value is -0.530. The van der Waals surface area contributed by atoms with E-state index >= 15 is 0 Å². The van der Waals surface area contributed by atoms with Gasteiger partial charge < -0.3 is 4.90 Å². The van der Waals surface area contributed by atoms with Crippen LogP contribution < -0.4 is 0 Å². The van der Waals surface area contributed by atoms with E-state index in [4.69, 9.17) is 0 Å². The monoisotopic (exact) mass is 155 g/mol. The molecule has 2 heteroatoms. The fourth-order valence-corrected chi connectivity index (χ4v) is 1.39. The number of hydrogen-bond donors (Lipinski definition) is 0. The molecule has 0 bridgehead atoms. The predicted molar refractivity (Wildman–Crippen MR) is 45.2 cm³/mol. The van der Waals surface area contributed by atoms with Gasteiger partial charge in [-0.05, 0) is 20.3 Å². The summed E-state index contributed by atoms with van der Waals surface area (Å²) in [6, 6.07) is 0. The van der Waals surface area contributed by atoms with Crippen LogP contribution in [0.1, 0.15) is 34.1 Å². The molecule has 0 unspecified atom stereocenters. The molecule has 0 aliphatic carbocycles. The maximum absolute atomic E-state index is 11.5. The van der Waals surface area contributed by atoms with Crippen molar-refractivity contribution in [3.63, 3.8) is 0 Å². The molecule has 0 saturated carbocycles. The summed E-state index contributed by atoms with van der Waals surface area (Å²) in [6.07, 6.45) is 1.14. The van der Waals surface area contributed by atoms with Crippen LogP contribution in [0.5, 0.6) is 0 Å². The first-order valence-electron chi connectivity index (χ1n) is 4.26. The van der Waals surface area contributed by atoms with E-state index in [-0.39, 0.29) is 11.5 Å². The van der Waals surface area contributed by atoms with Crippen LogP contribution in [0.3, 0.4) is 0 Å². The van der Waals surface area contributed by atoms with Crippen LogP contribution in [0.15, 0.2) is 0 Å². The highest BCUT2D eigenvalue weighted by atomic mass is 16.2. The SMILES string of the molecule is CC(C)C(=O)N1CCC1(C)C. The van der Waals surface area contributed by atoms with Crippen molar-refractivity contribution in [1.29, 1.82) is 0 Å². The Morgan fingerprint density at radius 2 is 2.00 bits per heavy atom. The van der Waals surface area contributed by atoms with Crippen molar-refractivity contribution < 1.29 is 4.79 Å². The Kier molecular flexibility index (Phi) is 1.95. The van der Waals surface area contributed by atoms with Gasteiger partial charge in [-0.25, -0.2) is 0 Å². The minimum Gasteiger partial charge on any atom is -0.337 e. The van der Waals surface area contributed by atoms with E-state index in [1.54, 1.807) is 0 Å². The molecular weight excluding hydrogens is 138 g/mol. The lowest BCUT2D eigenvalue weighted by Crippen LogP contribution is -2.59. The van der Waals surface area contributed by atoms with Crippen molar-refractivity contribution in [1.82, 2.24) is 4.90 Å². The number of hydrogen-bond acceptors (Lipinski definition) is 1. The zero-order valence-corrected chi connectivity index (χ0v) is 7.85. The maximum atomic E-state index is 11.5. The van der Waals surface area contributed by atoms with Crippen molar-refractivity contribution in [2.75, 3.05) is 6.54 Å². The predicted octanol–water partition coefficient (Wildman–Crippen LogP) is 1.65. The van der Waals surface area contributed by atoms with Gasteiger partial charge in [0.05, 0.1) is 0 Å². The maximum Gasteiger partial charge on any atom is 0.225 e. The first-order chi connectivity index (χ1) is 4.95. The molecule has 0 radical (unpaired) electrons. The van der Waals surface area contributed by atoms with E-state index in [0.717, 1.165) is 13.0 Å². The Labute approximate surface area is 68.6 Å². The van der Waals surface area contributed by atoms with Crippen LogP contribution >= 0.6 is 0 Å². The molecule has 0 aromatic carbocycles. The zero-order valence-electron chi connectivity index (χ0n) is 7.85. The summed E-state index contributed by atoms with van der Waals surface area (Å²) in [4.78, 5) is 13.4. The number of rotatable bonds is 1. The number of nitrogens with zero attached hydrogens (tertiary/aromatic N) is 1. The van der Waals surface area contributed by atoms with Crippen LogP contribution in [-0.4, -0.2) is 22.9 Å². The lowest BCUT2D eigenvalue weighted by molar-refractivity contribution is -0.148. The molecule has 1 fully saturated rings. The summed E-state index contributed by atoms with van der Waals surface area (Å²) in [7, 11) is 0. The number of carbonyl (C=O) groups excluding carboxylic acids is 1. The van der Waals surface area contributed by atoms with Gasteiger partial charge in [-0.3, -0.25) is 4.79 Å². The number of carbonyl (C=O) groups is 1. The normalized spacial score (nSPS) is 21.7. The summed E-state index contributed by atoms with van der Waals surface area (Å²) >= 11 is 0. The van der Waals surface area contributed by atoms with Crippen LogP contribution in [0.25, 0.3) is 0 Å². The van der Waals surface area contributed by atoms with Crippen LogP contribution in [0, 0.1) is 5.92 Å². The first-order valence-corrected chi connectivity index (χ1v) is 4.26. The van der Waals surface area contributed by atoms with Gasteiger partial charge in [-0.1, -0.05) is 13.8 Å². The van der Waals surface area contributed by atoms with Gasteiger partial charge in [0.25, 0.3) is 0 Å². The summed E-state index contributed by atoms with van der Waals surface area (Å²) in [5.41, 5.74) is 0.126. The smallest absolute Gasteiger partial charge is 0.225 e. The fraction of sp³-hybridized carbons (Fsp3) is 0.889. The number of amides is 1. The molecule has 2 nitrogen and oxygen atoms in total. The van der Waals surface area contributed by atoms with Gasteiger partial charge in [0.1, 0.15) is 0 Å². The third-order valence-corrected chi connectivity index (χ3v) is 2.44. The van der Waals surface area contributed by atoms with Crippen LogP contribution in [-0.2, 0) is 4.79 Å². The van der Waals surface area contributed by atoms with Gasteiger partial charge in [0, 0.05) is 18.0 Å². The van der Waals surface area contributed by atoms with E-state index in [0.29, 0.717) is 5.91 Å². The summed E-state index contributed by atoms with van der Waals surface area (Å²) < 4.78 is 0. The highest BCUT2D eigenvalue weighted by molar-refractivity contribution is 5.79. The minimum absolute atomic E-state index is 0.126.